The summed E-state index contributed by atoms with van der Waals surface area (Å²) < 4.78 is 23.3. The number of carbonyl (C=O) groups excluding carboxylic acids is 1. The Kier molecular flexibility index (Phi) is 39.1. The van der Waals surface area contributed by atoms with E-state index in [9.17, 15) is 19.4 Å². The first-order valence-corrected chi connectivity index (χ1v) is 25.5. The molecule has 0 aromatic carbocycles. The predicted octanol–water partition coefficient (Wildman–Crippen LogP) is 12.9. The van der Waals surface area contributed by atoms with Crippen LogP contribution in [0.2, 0.25) is 0 Å². The van der Waals surface area contributed by atoms with E-state index in [1.54, 1.807) is 0 Å². The largest absolute Gasteiger partial charge is 0.756 e. The number of allylic oxidation sites excluding steroid dienone is 2. The van der Waals surface area contributed by atoms with Crippen LogP contribution in [0.15, 0.2) is 12.2 Å². The lowest BCUT2D eigenvalue weighted by molar-refractivity contribution is -0.870. The van der Waals surface area contributed by atoms with Crippen LogP contribution in [0.3, 0.4) is 0 Å². The fraction of sp³-hybridized carbons (Fsp3) is 0.936. The lowest BCUT2D eigenvalue weighted by Crippen LogP contribution is -2.46. The molecule has 0 aliphatic carbocycles. The van der Waals surface area contributed by atoms with Crippen LogP contribution in [-0.2, 0) is 18.4 Å². The van der Waals surface area contributed by atoms with Crippen molar-refractivity contribution >= 4 is 13.7 Å². The molecule has 0 aliphatic heterocycles. The van der Waals surface area contributed by atoms with Crippen LogP contribution in [0.1, 0.15) is 232 Å². The maximum Gasteiger partial charge on any atom is 0.268 e. The van der Waals surface area contributed by atoms with Gasteiger partial charge < -0.3 is 28.8 Å². The van der Waals surface area contributed by atoms with Crippen molar-refractivity contribution in [1.29, 1.82) is 0 Å². The smallest absolute Gasteiger partial charge is 0.268 e. The summed E-state index contributed by atoms with van der Waals surface area (Å²) in [5.41, 5.74) is 0. The number of aliphatic hydroxyl groups is 1. The molecule has 2 N–H and O–H groups in total. The summed E-state index contributed by atoms with van der Waals surface area (Å²) in [6, 6.07) is -0.800. The van der Waals surface area contributed by atoms with Crippen LogP contribution in [0, 0.1) is 0 Å². The number of nitrogens with one attached hydrogen (secondary N) is 1. The van der Waals surface area contributed by atoms with Crippen molar-refractivity contribution in [2.75, 3.05) is 40.9 Å². The summed E-state index contributed by atoms with van der Waals surface area (Å²) in [6.45, 7) is 4.72. The second kappa shape index (κ2) is 39.7. The van der Waals surface area contributed by atoms with Crippen LogP contribution in [0.25, 0.3) is 0 Å². The number of amides is 1. The molecule has 8 nitrogen and oxygen atoms in total. The number of quaternary nitrogens is 1. The number of likely N-dealkylation sites (N-methyl/N-ethyl adjacent to an activating group) is 1. The lowest BCUT2D eigenvalue weighted by Gasteiger charge is -2.30. The molecule has 3 atom stereocenters. The molecule has 1 amide bonds. The Labute approximate surface area is 348 Å². The molecule has 56 heavy (non-hydrogen) atoms. The number of nitrogens with zero attached hydrogens (tertiary/aromatic N) is 1. The van der Waals surface area contributed by atoms with E-state index in [4.69, 9.17) is 9.05 Å². The van der Waals surface area contributed by atoms with Gasteiger partial charge in [-0.1, -0.05) is 199 Å². The number of phosphoric ester groups is 1. The van der Waals surface area contributed by atoms with Crippen LogP contribution in [0.4, 0.5) is 0 Å². The van der Waals surface area contributed by atoms with Crippen LogP contribution in [0.5, 0.6) is 0 Å². The van der Waals surface area contributed by atoms with Crippen LogP contribution in [-0.4, -0.2) is 68.5 Å². The molecule has 0 fully saturated rings. The Hall–Kier alpha value is -0.760. The van der Waals surface area contributed by atoms with Crippen molar-refractivity contribution < 1.29 is 32.9 Å². The molecule has 0 radical (unpaired) electrons. The standard InChI is InChI=1S/C47H95N2O6P/c1-6-8-10-12-14-16-18-20-22-23-24-25-26-27-28-30-32-34-36-38-40-46(50)45(44-55-56(52,53)54-43-42-49(3,4)5)48-47(51)41-39-37-35-33-31-29-21-19-17-15-13-11-9-7-2/h19,21,45-46,50H,6-18,20,22-44H2,1-5H3,(H-,48,51,52,53)/b21-19-. The van der Waals surface area contributed by atoms with E-state index in [2.05, 4.69) is 31.3 Å². The van der Waals surface area contributed by atoms with E-state index in [0.717, 1.165) is 51.4 Å². The van der Waals surface area contributed by atoms with Gasteiger partial charge in [-0.05, 0) is 38.5 Å². The summed E-state index contributed by atoms with van der Waals surface area (Å²) in [4.78, 5) is 25.3. The number of rotatable bonds is 44. The summed E-state index contributed by atoms with van der Waals surface area (Å²) in [6.07, 6.45) is 45.0. The van der Waals surface area contributed by atoms with Gasteiger partial charge in [0.25, 0.3) is 7.82 Å². The normalized spacial score (nSPS) is 14.3. The van der Waals surface area contributed by atoms with Gasteiger partial charge in [0.1, 0.15) is 13.2 Å². The zero-order valence-electron chi connectivity index (χ0n) is 37.9. The molecule has 0 rings (SSSR count). The summed E-state index contributed by atoms with van der Waals surface area (Å²) >= 11 is 0. The molecule has 0 aliphatic rings. The van der Waals surface area contributed by atoms with Gasteiger partial charge >= 0.3 is 0 Å². The molecule has 0 heterocycles. The average Bonchev–Trinajstić information content (AvgIpc) is 3.15. The summed E-state index contributed by atoms with van der Waals surface area (Å²) in [5, 5.41) is 13.9. The third-order valence-electron chi connectivity index (χ3n) is 11.0. The van der Waals surface area contributed by atoms with Gasteiger partial charge in [-0.3, -0.25) is 9.36 Å². The molecule has 0 bridgehead atoms. The number of phosphoric acid groups is 1. The number of aliphatic hydroxyl groups excluding tert-OH is 1. The Morgan fingerprint density at radius 3 is 1.39 bits per heavy atom. The van der Waals surface area contributed by atoms with Gasteiger partial charge in [0, 0.05) is 6.42 Å². The number of hydrogen-bond acceptors (Lipinski definition) is 6. The summed E-state index contributed by atoms with van der Waals surface area (Å²) in [7, 11) is 1.31. The van der Waals surface area contributed by atoms with Crippen molar-refractivity contribution in [3.05, 3.63) is 12.2 Å². The molecule has 3 unspecified atom stereocenters. The zero-order chi connectivity index (χ0) is 41.4. The van der Waals surface area contributed by atoms with Crippen molar-refractivity contribution in [3.8, 4) is 0 Å². The Morgan fingerprint density at radius 2 is 0.982 bits per heavy atom. The molecular weight excluding hydrogens is 719 g/mol. The molecular formula is C47H95N2O6P. The monoisotopic (exact) mass is 815 g/mol. The van der Waals surface area contributed by atoms with Gasteiger partial charge in [0.15, 0.2) is 0 Å². The van der Waals surface area contributed by atoms with Crippen molar-refractivity contribution in [3.63, 3.8) is 0 Å². The Bertz CT molecular complexity index is 927. The SMILES string of the molecule is CCCCCCC/C=C\CCCCCCCC(=O)NC(COP(=O)([O-])OCC[N+](C)(C)C)C(O)CCCCCCCCCCCCCCCCCCCCCC. The van der Waals surface area contributed by atoms with Gasteiger partial charge in [-0.2, -0.15) is 0 Å². The molecule has 0 spiro atoms. The highest BCUT2D eigenvalue weighted by Crippen LogP contribution is 2.38. The highest BCUT2D eigenvalue weighted by Gasteiger charge is 2.24. The van der Waals surface area contributed by atoms with Crippen LogP contribution >= 0.6 is 7.82 Å². The first-order chi connectivity index (χ1) is 27.0. The van der Waals surface area contributed by atoms with Crippen molar-refractivity contribution in [2.24, 2.45) is 0 Å². The minimum atomic E-state index is -4.56. The second-order valence-corrected chi connectivity index (χ2v) is 19.2. The predicted molar refractivity (Wildman–Crippen MR) is 238 cm³/mol. The Morgan fingerprint density at radius 1 is 0.607 bits per heavy atom. The van der Waals surface area contributed by atoms with Gasteiger partial charge in [0.05, 0.1) is 39.9 Å². The molecule has 334 valence electrons. The van der Waals surface area contributed by atoms with E-state index >= 15 is 0 Å². The third kappa shape index (κ3) is 41.4. The van der Waals surface area contributed by atoms with Gasteiger partial charge in [-0.15, -0.1) is 0 Å². The average molecular weight is 815 g/mol. The molecule has 0 aromatic heterocycles. The minimum absolute atomic E-state index is 0.0126. The van der Waals surface area contributed by atoms with E-state index in [1.807, 2.05) is 21.1 Å². The minimum Gasteiger partial charge on any atom is -0.756 e. The quantitative estimate of drug-likeness (QED) is 0.0274. The van der Waals surface area contributed by atoms with Crippen molar-refractivity contribution in [2.45, 2.75) is 244 Å². The first-order valence-electron chi connectivity index (χ1n) is 24.0. The van der Waals surface area contributed by atoms with E-state index in [1.165, 1.54) is 154 Å². The highest BCUT2D eigenvalue weighted by atomic mass is 31.2. The Balaban J connectivity index is 4.28. The van der Waals surface area contributed by atoms with Gasteiger partial charge in [0.2, 0.25) is 5.91 Å². The number of hydrogen-bond donors (Lipinski definition) is 2. The first kappa shape index (κ1) is 55.2. The zero-order valence-corrected chi connectivity index (χ0v) is 38.7. The van der Waals surface area contributed by atoms with E-state index < -0.39 is 20.0 Å². The van der Waals surface area contributed by atoms with Gasteiger partial charge in [-0.25, -0.2) is 0 Å². The maximum atomic E-state index is 12.9. The fourth-order valence-corrected chi connectivity index (χ4v) is 7.88. The molecule has 0 saturated heterocycles. The van der Waals surface area contributed by atoms with Crippen LogP contribution < -0.4 is 10.2 Å². The molecule has 9 heteroatoms. The van der Waals surface area contributed by atoms with E-state index in [-0.39, 0.29) is 19.1 Å². The number of carbonyl (C=O) groups is 1. The number of unbranched alkanes of at least 4 members (excludes halogenated alkanes) is 29. The topological polar surface area (TPSA) is 108 Å². The maximum absolute atomic E-state index is 12.9. The van der Waals surface area contributed by atoms with Crippen molar-refractivity contribution in [1.82, 2.24) is 5.32 Å². The third-order valence-corrected chi connectivity index (χ3v) is 12.0. The second-order valence-electron chi connectivity index (χ2n) is 17.8. The van der Waals surface area contributed by atoms with E-state index in [0.29, 0.717) is 23.9 Å². The molecule has 0 saturated carbocycles. The molecule has 0 aromatic rings. The fourth-order valence-electron chi connectivity index (χ4n) is 7.15. The lowest BCUT2D eigenvalue weighted by atomic mass is 10.0. The summed E-state index contributed by atoms with van der Waals surface area (Å²) in [5.74, 6) is -0.172. The highest BCUT2D eigenvalue weighted by molar-refractivity contribution is 7.45.